The summed E-state index contributed by atoms with van der Waals surface area (Å²) in [5.41, 5.74) is 6.99. The van der Waals surface area contributed by atoms with E-state index in [1.165, 1.54) is 6.07 Å². The Kier molecular flexibility index (Phi) is 4.34. The maximum Gasteiger partial charge on any atom is 0.138 e. The van der Waals surface area contributed by atoms with E-state index >= 15 is 0 Å². The van der Waals surface area contributed by atoms with Crippen molar-refractivity contribution in [3.05, 3.63) is 33.9 Å². The second-order valence-corrected chi connectivity index (χ2v) is 4.96. The molecule has 3 N–H and O–H groups in total. The fourth-order valence-electron chi connectivity index (χ4n) is 1.53. The van der Waals surface area contributed by atoms with Crippen molar-refractivity contribution in [2.24, 2.45) is 0 Å². The molecule has 18 heavy (non-hydrogen) atoms. The largest absolute Gasteiger partial charge is 0.397 e. The highest BCUT2D eigenvalue weighted by atomic mass is 127. The van der Waals surface area contributed by atoms with E-state index in [4.69, 9.17) is 5.73 Å². The molecule has 0 aliphatic rings. The van der Waals surface area contributed by atoms with Crippen LogP contribution in [-0.4, -0.2) is 21.5 Å². The van der Waals surface area contributed by atoms with Gasteiger partial charge in [-0.3, -0.25) is 4.68 Å². The van der Waals surface area contributed by atoms with Gasteiger partial charge >= 0.3 is 0 Å². The molecule has 0 bridgehead atoms. The summed E-state index contributed by atoms with van der Waals surface area (Å²) in [4.78, 5) is 0. The highest BCUT2D eigenvalue weighted by molar-refractivity contribution is 14.1. The summed E-state index contributed by atoms with van der Waals surface area (Å²) in [5.74, 6) is -0.261. The van der Waals surface area contributed by atoms with Crippen LogP contribution in [0.15, 0.2) is 24.5 Å². The molecule has 0 spiro atoms. The molecule has 0 amide bonds. The van der Waals surface area contributed by atoms with E-state index in [0.29, 0.717) is 21.5 Å². The van der Waals surface area contributed by atoms with E-state index in [1.807, 2.05) is 22.6 Å². The molecule has 0 unspecified atom stereocenters. The van der Waals surface area contributed by atoms with Crippen LogP contribution in [0.25, 0.3) is 0 Å². The summed E-state index contributed by atoms with van der Waals surface area (Å²) in [6, 6.07) is 3.04. The normalized spacial score (nSPS) is 10.6. The molecule has 2 aromatic rings. The molecule has 0 saturated heterocycles. The zero-order valence-corrected chi connectivity index (χ0v) is 11.8. The maximum atomic E-state index is 13.4. The van der Waals surface area contributed by atoms with E-state index in [9.17, 15) is 4.39 Å². The van der Waals surface area contributed by atoms with Gasteiger partial charge in [0.2, 0.25) is 0 Å². The summed E-state index contributed by atoms with van der Waals surface area (Å²) < 4.78 is 15.6. The van der Waals surface area contributed by atoms with Crippen LogP contribution in [0.3, 0.4) is 0 Å². The lowest BCUT2D eigenvalue weighted by atomic mass is 10.2. The van der Waals surface area contributed by atoms with E-state index < -0.39 is 0 Å². The average Bonchev–Trinajstić information content (AvgIpc) is 2.84. The first kappa shape index (κ1) is 13.1. The van der Waals surface area contributed by atoms with Crippen molar-refractivity contribution >= 4 is 34.0 Å². The smallest absolute Gasteiger partial charge is 0.138 e. The Morgan fingerprint density at radius 2 is 2.28 bits per heavy atom. The zero-order chi connectivity index (χ0) is 13.0. The van der Waals surface area contributed by atoms with Gasteiger partial charge in [0.25, 0.3) is 0 Å². The monoisotopic (exact) mass is 361 g/mol. The Labute approximate surface area is 118 Å². The first-order valence-electron chi connectivity index (χ1n) is 5.49. The van der Waals surface area contributed by atoms with Crippen molar-refractivity contribution in [1.29, 1.82) is 0 Å². The molecule has 1 aromatic heterocycles. The predicted octanol–water partition coefficient (Wildman–Crippen LogP) is 2.11. The van der Waals surface area contributed by atoms with E-state index in [-0.39, 0.29) is 5.82 Å². The van der Waals surface area contributed by atoms with Gasteiger partial charge in [0.1, 0.15) is 5.82 Å². The molecule has 7 heteroatoms. The number of hydrogen-bond acceptors (Lipinski definition) is 4. The molecule has 1 aromatic carbocycles. The third kappa shape index (κ3) is 3.31. The fourth-order valence-corrected chi connectivity index (χ4v) is 2.02. The standard InChI is InChI=1S/C11H13FIN5/c12-8-6-11(10(14)7-9(8)13)15-2-1-4-18-5-3-16-17-18/h3,5-7,15H,1-2,4,14H2. The van der Waals surface area contributed by atoms with Gasteiger partial charge in [-0.25, -0.2) is 4.39 Å². The minimum Gasteiger partial charge on any atom is -0.397 e. The summed E-state index contributed by atoms with van der Waals surface area (Å²) in [6.07, 6.45) is 4.30. The highest BCUT2D eigenvalue weighted by Crippen LogP contribution is 2.23. The number of hydrogen-bond donors (Lipinski definition) is 2. The summed E-state index contributed by atoms with van der Waals surface area (Å²) in [7, 11) is 0. The molecule has 0 saturated carbocycles. The highest BCUT2D eigenvalue weighted by Gasteiger charge is 2.05. The summed E-state index contributed by atoms with van der Waals surface area (Å²) in [5, 5.41) is 10.7. The molecular weight excluding hydrogens is 348 g/mol. The van der Waals surface area contributed by atoms with Crippen molar-refractivity contribution in [3.8, 4) is 0 Å². The molecule has 0 aliphatic heterocycles. The Bertz CT molecular complexity index is 514. The van der Waals surface area contributed by atoms with Crippen molar-refractivity contribution in [1.82, 2.24) is 15.0 Å². The van der Waals surface area contributed by atoms with Crippen LogP contribution < -0.4 is 11.1 Å². The van der Waals surface area contributed by atoms with Crippen molar-refractivity contribution in [2.45, 2.75) is 13.0 Å². The van der Waals surface area contributed by atoms with E-state index in [1.54, 1.807) is 23.1 Å². The van der Waals surface area contributed by atoms with Gasteiger partial charge in [0.15, 0.2) is 0 Å². The van der Waals surface area contributed by atoms with Crippen LogP contribution in [0.4, 0.5) is 15.8 Å². The number of anilines is 2. The first-order valence-corrected chi connectivity index (χ1v) is 6.57. The number of nitrogens with two attached hydrogens (primary N) is 1. The number of benzene rings is 1. The van der Waals surface area contributed by atoms with Gasteiger partial charge < -0.3 is 11.1 Å². The van der Waals surface area contributed by atoms with Gasteiger partial charge in [0, 0.05) is 25.4 Å². The van der Waals surface area contributed by atoms with Gasteiger partial charge in [-0.15, -0.1) is 5.10 Å². The molecule has 96 valence electrons. The lowest BCUT2D eigenvalue weighted by molar-refractivity contribution is 0.569. The van der Waals surface area contributed by atoms with Gasteiger partial charge in [-0.1, -0.05) is 5.21 Å². The quantitative estimate of drug-likeness (QED) is 0.486. The number of nitrogens with zero attached hydrogens (tertiary/aromatic N) is 3. The van der Waals surface area contributed by atoms with Crippen LogP contribution in [0.5, 0.6) is 0 Å². The Hall–Kier alpha value is -1.38. The Morgan fingerprint density at radius 1 is 1.44 bits per heavy atom. The lowest BCUT2D eigenvalue weighted by Crippen LogP contribution is -2.09. The molecule has 0 aliphatic carbocycles. The van der Waals surface area contributed by atoms with Gasteiger partial charge in [0.05, 0.1) is 21.1 Å². The average molecular weight is 361 g/mol. The number of aryl methyl sites for hydroxylation is 1. The van der Waals surface area contributed by atoms with E-state index in [2.05, 4.69) is 15.6 Å². The number of aromatic nitrogens is 3. The minimum absolute atomic E-state index is 0.261. The van der Waals surface area contributed by atoms with Crippen molar-refractivity contribution in [3.63, 3.8) is 0 Å². The number of nitrogen functional groups attached to an aromatic ring is 1. The molecule has 1 heterocycles. The van der Waals surface area contributed by atoms with Crippen molar-refractivity contribution in [2.75, 3.05) is 17.6 Å². The third-order valence-corrected chi connectivity index (χ3v) is 3.27. The lowest BCUT2D eigenvalue weighted by Gasteiger charge is -2.10. The van der Waals surface area contributed by atoms with Gasteiger partial charge in [-0.05, 0) is 35.1 Å². The Balaban J connectivity index is 1.85. The zero-order valence-electron chi connectivity index (χ0n) is 9.61. The molecule has 0 radical (unpaired) electrons. The predicted molar refractivity (Wildman–Crippen MR) is 76.7 cm³/mol. The summed E-state index contributed by atoms with van der Waals surface area (Å²) >= 11 is 1.92. The molecule has 2 rings (SSSR count). The second-order valence-electron chi connectivity index (χ2n) is 3.80. The molecular formula is C11H13FIN5. The van der Waals surface area contributed by atoms with Crippen LogP contribution >= 0.6 is 22.6 Å². The van der Waals surface area contributed by atoms with Crippen LogP contribution in [-0.2, 0) is 6.54 Å². The third-order valence-electron chi connectivity index (χ3n) is 2.44. The molecule has 0 atom stereocenters. The molecule has 0 fully saturated rings. The Morgan fingerprint density at radius 3 is 3.00 bits per heavy atom. The van der Waals surface area contributed by atoms with Crippen molar-refractivity contribution < 1.29 is 4.39 Å². The van der Waals surface area contributed by atoms with Crippen LogP contribution in [0, 0.1) is 9.39 Å². The van der Waals surface area contributed by atoms with Crippen LogP contribution in [0.1, 0.15) is 6.42 Å². The van der Waals surface area contributed by atoms with Crippen LogP contribution in [0.2, 0.25) is 0 Å². The number of halogens is 2. The fraction of sp³-hybridized carbons (Fsp3) is 0.273. The summed E-state index contributed by atoms with van der Waals surface area (Å²) in [6.45, 7) is 1.46. The molecule has 5 nitrogen and oxygen atoms in total. The maximum absolute atomic E-state index is 13.4. The van der Waals surface area contributed by atoms with E-state index in [0.717, 1.165) is 13.0 Å². The first-order chi connectivity index (χ1) is 8.66. The number of nitrogens with one attached hydrogen (secondary N) is 1. The number of rotatable bonds is 5. The second kappa shape index (κ2) is 5.98. The topological polar surface area (TPSA) is 68.8 Å². The SMILES string of the molecule is Nc1cc(I)c(F)cc1NCCCn1ccnn1. The minimum atomic E-state index is -0.261. The van der Waals surface area contributed by atoms with Gasteiger partial charge in [-0.2, -0.15) is 0 Å².